The molecule has 1 aromatic rings. The average Bonchev–Trinajstić information content (AvgIpc) is 2.63. The Morgan fingerprint density at radius 3 is 2.80 bits per heavy atom. The summed E-state index contributed by atoms with van der Waals surface area (Å²) in [5.41, 5.74) is 1.17. The SMILES string of the molecule is COc1cc(Cl)cc(C2COCC2Br)c1. The zero-order valence-electron chi connectivity index (χ0n) is 8.37. The van der Waals surface area contributed by atoms with Crippen molar-refractivity contribution in [1.82, 2.24) is 0 Å². The summed E-state index contributed by atoms with van der Waals surface area (Å²) in [4.78, 5) is 0.362. The fourth-order valence-corrected chi connectivity index (χ4v) is 2.63. The minimum Gasteiger partial charge on any atom is -0.497 e. The Balaban J connectivity index is 2.30. The molecule has 2 unspecified atom stereocenters. The maximum Gasteiger partial charge on any atom is 0.120 e. The first-order chi connectivity index (χ1) is 7.20. The topological polar surface area (TPSA) is 18.5 Å². The molecule has 2 nitrogen and oxygen atoms in total. The van der Waals surface area contributed by atoms with Crippen LogP contribution in [0.5, 0.6) is 5.75 Å². The van der Waals surface area contributed by atoms with E-state index in [2.05, 4.69) is 15.9 Å². The first kappa shape index (κ1) is 11.2. The van der Waals surface area contributed by atoms with Crippen molar-refractivity contribution in [1.29, 1.82) is 0 Å². The molecule has 0 aromatic heterocycles. The van der Waals surface area contributed by atoms with Crippen LogP contribution in [-0.4, -0.2) is 25.2 Å². The van der Waals surface area contributed by atoms with E-state index in [-0.39, 0.29) is 0 Å². The largest absolute Gasteiger partial charge is 0.497 e. The van der Waals surface area contributed by atoms with Gasteiger partial charge in [0.15, 0.2) is 0 Å². The van der Waals surface area contributed by atoms with E-state index in [0.29, 0.717) is 15.8 Å². The van der Waals surface area contributed by atoms with E-state index in [1.165, 1.54) is 5.56 Å². The Bertz CT molecular complexity index is 356. The summed E-state index contributed by atoms with van der Waals surface area (Å²) in [7, 11) is 1.65. The van der Waals surface area contributed by atoms with Crippen LogP contribution < -0.4 is 4.74 Å². The molecule has 1 heterocycles. The van der Waals surface area contributed by atoms with Gasteiger partial charge < -0.3 is 9.47 Å². The number of rotatable bonds is 2. The smallest absolute Gasteiger partial charge is 0.120 e. The standard InChI is InChI=1S/C11H12BrClO2/c1-14-9-3-7(2-8(13)4-9)10-5-15-6-11(10)12/h2-4,10-11H,5-6H2,1H3. The number of benzene rings is 1. The maximum atomic E-state index is 6.02. The van der Waals surface area contributed by atoms with Crippen LogP contribution in [0.3, 0.4) is 0 Å². The lowest BCUT2D eigenvalue weighted by Gasteiger charge is -2.13. The molecule has 0 saturated carbocycles. The van der Waals surface area contributed by atoms with Gasteiger partial charge in [-0.25, -0.2) is 0 Å². The Morgan fingerprint density at radius 1 is 1.40 bits per heavy atom. The minimum absolute atomic E-state index is 0.359. The van der Waals surface area contributed by atoms with Crippen molar-refractivity contribution in [2.45, 2.75) is 10.7 Å². The van der Waals surface area contributed by atoms with Crippen molar-refractivity contribution >= 4 is 27.5 Å². The molecule has 4 heteroatoms. The highest BCUT2D eigenvalue weighted by atomic mass is 79.9. The molecule has 2 rings (SSSR count). The molecular weight excluding hydrogens is 279 g/mol. The number of ether oxygens (including phenoxy) is 2. The number of alkyl halides is 1. The van der Waals surface area contributed by atoms with Crippen LogP contribution in [0, 0.1) is 0 Å². The van der Waals surface area contributed by atoms with E-state index < -0.39 is 0 Å². The van der Waals surface area contributed by atoms with Crippen molar-refractivity contribution in [2.24, 2.45) is 0 Å². The average molecular weight is 292 g/mol. The summed E-state index contributed by atoms with van der Waals surface area (Å²) in [5, 5.41) is 0.705. The lowest BCUT2D eigenvalue weighted by atomic mass is 9.98. The minimum atomic E-state index is 0.359. The molecule has 0 aliphatic carbocycles. The number of methoxy groups -OCH3 is 1. The van der Waals surface area contributed by atoms with E-state index in [0.717, 1.165) is 19.0 Å². The second kappa shape index (κ2) is 4.73. The van der Waals surface area contributed by atoms with Crippen molar-refractivity contribution in [3.8, 4) is 5.75 Å². The second-order valence-corrected chi connectivity index (χ2v) is 5.20. The number of hydrogen-bond acceptors (Lipinski definition) is 2. The van der Waals surface area contributed by atoms with Crippen LogP contribution in [0.15, 0.2) is 18.2 Å². The van der Waals surface area contributed by atoms with Gasteiger partial charge in [0.05, 0.1) is 20.3 Å². The summed E-state index contributed by atoms with van der Waals surface area (Å²) >= 11 is 9.62. The van der Waals surface area contributed by atoms with Gasteiger partial charge >= 0.3 is 0 Å². The highest BCUT2D eigenvalue weighted by molar-refractivity contribution is 9.09. The lowest BCUT2D eigenvalue weighted by molar-refractivity contribution is 0.195. The van der Waals surface area contributed by atoms with Crippen molar-refractivity contribution in [3.05, 3.63) is 28.8 Å². The van der Waals surface area contributed by atoms with E-state index >= 15 is 0 Å². The quantitative estimate of drug-likeness (QED) is 0.779. The normalized spacial score (nSPS) is 25.5. The fraction of sp³-hybridized carbons (Fsp3) is 0.455. The van der Waals surface area contributed by atoms with Crippen LogP contribution in [-0.2, 0) is 4.74 Å². The third-order valence-electron chi connectivity index (χ3n) is 2.57. The van der Waals surface area contributed by atoms with Crippen molar-refractivity contribution in [3.63, 3.8) is 0 Å². The molecule has 0 bridgehead atoms. The Hall–Kier alpha value is -0.250. The van der Waals surface area contributed by atoms with Crippen molar-refractivity contribution in [2.75, 3.05) is 20.3 Å². The maximum absolute atomic E-state index is 6.02. The first-order valence-electron chi connectivity index (χ1n) is 4.77. The monoisotopic (exact) mass is 290 g/mol. The predicted octanol–water partition coefficient (Wildman–Crippen LogP) is 3.23. The molecule has 1 aliphatic heterocycles. The molecule has 0 radical (unpaired) electrons. The number of hydrogen-bond donors (Lipinski definition) is 0. The van der Waals surface area contributed by atoms with Gasteiger partial charge in [-0.2, -0.15) is 0 Å². The predicted molar refractivity (Wildman–Crippen MR) is 64.3 cm³/mol. The molecule has 1 aromatic carbocycles. The van der Waals surface area contributed by atoms with Gasteiger partial charge in [-0.15, -0.1) is 0 Å². The fourth-order valence-electron chi connectivity index (χ4n) is 1.75. The molecule has 15 heavy (non-hydrogen) atoms. The summed E-state index contributed by atoms with van der Waals surface area (Å²) < 4.78 is 10.6. The zero-order valence-corrected chi connectivity index (χ0v) is 10.7. The molecule has 1 saturated heterocycles. The van der Waals surface area contributed by atoms with Crippen LogP contribution in [0.1, 0.15) is 11.5 Å². The van der Waals surface area contributed by atoms with Crippen LogP contribution in [0.4, 0.5) is 0 Å². The summed E-state index contributed by atoms with van der Waals surface area (Å²) in [6, 6.07) is 5.79. The van der Waals surface area contributed by atoms with Crippen molar-refractivity contribution < 1.29 is 9.47 Å². The molecule has 1 aliphatic rings. The van der Waals surface area contributed by atoms with Gasteiger partial charge in [-0.3, -0.25) is 0 Å². The van der Waals surface area contributed by atoms with Crippen LogP contribution in [0.2, 0.25) is 5.02 Å². The van der Waals surface area contributed by atoms with Gasteiger partial charge in [0.25, 0.3) is 0 Å². The van der Waals surface area contributed by atoms with Gasteiger partial charge in [0.1, 0.15) is 5.75 Å². The molecule has 1 fully saturated rings. The number of halogens is 2. The summed E-state index contributed by atoms with van der Waals surface area (Å²) in [6.07, 6.45) is 0. The Morgan fingerprint density at radius 2 is 2.20 bits per heavy atom. The van der Waals surface area contributed by atoms with E-state index in [1.807, 2.05) is 18.2 Å². The summed E-state index contributed by atoms with van der Waals surface area (Å²) in [5.74, 6) is 1.15. The van der Waals surface area contributed by atoms with Gasteiger partial charge in [-0.05, 0) is 23.8 Å². The third kappa shape index (κ3) is 2.47. The highest BCUT2D eigenvalue weighted by Crippen LogP contribution is 2.34. The van der Waals surface area contributed by atoms with Crippen LogP contribution >= 0.6 is 27.5 Å². The lowest BCUT2D eigenvalue weighted by Crippen LogP contribution is -2.09. The van der Waals surface area contributed by atoms with E-state index in [1.54, 1.807) is 7.11 Å². The Labute approximate surface area is 103 Å². The van der Waals surface area contributed by atoms with E-state index in [4.69, 9.17) is 21.1 Å². The second-order valence-electron chi connectivity index (χ2n) is 3.58. The molecule has 0 spiro atoms. The zero-order chi connectivity index (χ0) is 10.8. The van der Waals surface area contributed by atoms with Gasteiger partial charge in [-0.1, -0.05) is 27.5 Å². The molecule has 0 N–H and O–H groups in total. The van der Waals surface area contributed by atoms with Gasteiger partial charge in [0.2, 0.25) is 0 Å². The van der Waals surface area contributed by atoms with E-state index in [9.17, 15) is 0 Å². The Kier molecular flexibility index (Phi) is 3.54. The molecular formula is C11H12BrClO2. The highest BCUT2D eigenvalue weighted by Gasteiger charge is 2.27. The molecule has 2 atom stereocenters. The first-order valence-corrected chi connectivity index (χ1v) is 6.06. The molecule has 82 valence electrons. The molecule has 0 amide bonds. The van der Waals surface area contributed by atoms with Crippen LogP contribution in [0.25, 0.3) is 0 Å². The third-order valence-corrected chi connectivity index (χ3v) is 3.69. The van der Waals surface area contributed by atoms with Gasteiger partial charge in [0, 0.05) is 15.8 Å². The summed E-state index contributed by atoms with van der Waals surface area (Å²) in [6.45, 7) is 1.49.